The fourth-order valence-corrected chi connectivity index (χ4v) is 0.449. The Bertz CT molecular complexity index is 81.3. The molecule has 0 aliphatic heterocycles. The maximum absolute atomic E-state index is 10.3. The lowest BCUT2D eigenvalue weighted by atomic mass is 10.3. The number of carbonyl (C=O) groups is 1. The molecular formula is C8H19NO. The van der Waals surface area contributed by atoms with Crippen molar-refractivity contribution in [2.75, 3.05) is 0 Å². The lowest BCUT2D eigenvalue weighted by Gasteiger charge is -2.07. The van der Waals surface area contributed by atoms with Crippen molar-refractivity contribution in [2.45, 2.75) is 47.1 Å². The first-order chi connectivity index (χ1) is 4.66. The third kappa shape index (κ3) is 10.5. The van der Waals surface area contributed by atoms with E-state index >= 15 is 0 Å². The van der Waals surface area contributed by atoms with Gasteiger partial charge in [-0.05, 0) is 13.3 Å². The lowest BCUT2D eigenvalue weighted by molar-refractivity contribution is -0.119. The summed E-state index contributed by atoms with van der Waals surface area (Å²) >= 11 is 0. The van der Waals surface area contributed by atoms with Crippen molar-refractivity contribution in [3.05, 3.63) is 0 Å². The second-order valence-electron chi connectivity index (χ2n) is 2.01. The molecule has 0 aliphatic rings. The quantitative estimate of drug-likeness (QED) is 0.632. The minimum Gasteiger partial charge on any atom is -0.354 e. The molecule has 2 nitrogen and oxygen atoms in total. The van der Waals surface area contributed by atoms with Gasteiger partial charge in [0, 0.05) is 13.0 Å². The van der Waals surface area contributed by atoms with Crippen molar-refractivity contribution in [1.29, 1.82) is 0 Å². The van der Waals surface area contributed by atoms with Gasteiger partial charge in [0.05, 0.1) is 0 Å². The summed E-state index contributed by atoms with van der Waals surface area (Å²) in [5.41, 5.74) is 0. The van der Waals surface area contributed by atoms with E-state index in [1.807, 2.05) is 27.7 Å². The molecule has 0 bridgehead atoms. The Morgan fingerprint density at radius 3 is 2.00 bits per heavy atom. The summed E-state index contributed by atoms with van der Waals surface area (Å²) in [5.74, 6) is 0.0550. The molecule has 0 rings (SSSR count). The van der Waals surface area contributed by atoms with Crippen molar-refractivity contribution < 1.29 is 4.79 Å². The van der Waals surface area contributed by atoms with Gasteiger partial charge in [-0.15, -0.1) is 0 Å². The highest BCUT2D eigenvalue weighted by atomic mass is 16.1. The molecule has 0 saturated heterocycles. The first-order valence-electron chi connectivity index (χ1n) is 3.94. The van der Waals surface area contributed by atoms with Crippen LogP contribution in [-0.4, -0.2) is 11.9 Å². The molecule has 0 aromatic rings. The predicted octanol–water partition coefficient (Wildman–Crippen LogP) is 1.95. The van der Waals surface area contributed by atoms with Crippen molar-refractivity contribution in [2.24, 2.45) is 0 Å². The Hall–Kier alpha value is -0.530. The number of hydrogen-bond donors (Lipinski definition) is 1. The number of rotatable bonds is 2. The molecule has 2 heteroatoms. The van der Waals surface area contributed by atoms with Gasteiger partial charge in [0.2, 0.25) is 5.91 Å². The molecule has 0 heterocycles. The molecule has 0 radical (unpaired) electrons. The Kier molecular flexibility index (Phi) is 10.3. The van der Waals surface area contributed by atoms with Gasteiger partial charge in [0.25, 0.3) is 0 Å². The molecule has 1 atom stereocenters. The number of amides is 1. The highest BCUT2D eigenvalue weighted by Crippen LogP contribution is 1.85. The van der Waals surface area contributed by atoms with E-state index in [1.165, 1.54) is 6.92 Å². The van der Waals surface area contributed by atoms with Crippen LogP contribution in [0.3, 0.4) is 0 Å². The SMILES string of the molecule is CC.CC[C@@H](C)NC(C)=O. The van der Waals surface area contributed by atoms with Crippen LogP contribution in [0.5, 0.6) is 0 Å². The third-order valence-corrected chi connectivity index (χ3v) is 1.06. The van der Waals surface area contributed by atoms with Crippen LogP contribution in [0.4, 0.5) is 0 Å². The summed E-state index contributed by atoms with van der Waals surface area (Å²) in [6.07, 6.45) is 1.000. The maximum atomic E-state index is 10.3. The van der Waals surface area contributed by atoms with Crippen LogP contribution in [0.15, 0.2) is 0 Å². The van der Waals surface area contributed by atoms with Crippen LogP contribution < -0.4 is 5.32 Å². The van der Waals surface area contributed by atoms with Crippen molar-refractivity contribution in [3.8, 4) is 0 Å². The van der Waals surface area contributed by atoms with E-state index in [0.29, 0.717) is 6.04 Å². The van der Waals surface area contributed by atoms with Gasteiger partial charge in [0.15, 0.2) is 0 Å². The smallest absolute Gasteiger partial charge is 0.217 e. The fourth-order valence-electron chi connectivity index (χ4n) is 0.449. The van der Waals surface area contributed by atoms with Crippen LogP contribution in [0.1, 0.15) is 41.0 Å². The normalized spacial score (nSPS) is 10.9. The molecule has 0 aromatic carbocycles. The largest absolute Gasteiger partial charge is 0.354 e. The maximum Gasteiger partial charge on any atom is 0.217 e. The zero-order valence-corrected chi connectivity index (χ0v) is 7.69. The van der Waals surface area contributed by atoms with E-state index in [0.717, 1.165) is 6.42 Å². The Morgan fingerprint density at radius 2 is 1.90 bits per heavy atom. The third-order valence-electron chi connectivity index (χ3n) is 1.06. The van der Waals surface area contributed by atoms with E-state index in [2.05, 4.69) is 5.32 Å². The molecule has 0 spiro atoms. The van der Waals surface area contributed by atoms with Gasteiger partial charge in [-0.1, -0.05) is 20.8 Å². The van der Waals surface area contributed by atoms with Crippen molar-refractivity contribution in [3.63, 3.8) is 0 Å². The minimum absolute atomic E-state index is 0.0550. The second kappa shape index (κ2) is 8.47. The van der Waals surface area contributed by atoms with Gasteiger partial charge in [0.1, 0.15) is 0 Å². The highest BCUT2D eigenvalue weighted by Gasteiger charge is 1.96. The van der Waals surface area contributed by atoms with E-state index in [4.69, 9.17) is 0 Å². The molecule has 0 aliphatic carbocycles. The summed E-state index contributed by atoms with van der Waals surface area (Å²) in [5, 5.41) is 2.75. The standard InChI is InChI=1S/C6H13NO.C2H6/c1-4-5(2)7-6(3)8;1-2/h5H,4H2,1-3H3,(H,7,8);1-2H3/t5-;/m1./s1. The van der Waals surface area contributed by atoms with Crippen molar-refractivity contribution in [1.82, 2.24) is 5.32 Å². The first kappa shape index (κ1) is 12.2. The van der Waals surface area contributed by atoms with E-state index < -0.39 is 0 Å². The fraction of sp³-hybridized carbons (Fsp3) is 0.875. The minimum atomic E-state index is 0.0550. The summed E-state index contributed by atoms with van der Waals surface area (Å²) in [6, 6.07) is 0.326. The molecule has 1 N–H and O–H groups in total. The molecule has 0 fully saturated rings. The lowest BCUT2D eigenvalue weighted by Crippen LogP contribution is -2.29. The molecule has 1 amide bonds. The van der Waals surface area contributed by atoms with E-state index in [9.17, 15) is 4.79 Å². The van der Waals surface area contributed by atoms with E-state index in [-0.39, 0.29) is 5.91 Å². The summed E-state index contributed by atoms with van der Waals surface area (Å²) in [4.78, 5) is 10.3. The first-order valence-corrected chi connectivity index (χ1v) is 3.94. The van der Waals surface area contributed by atoms with Gasteiger partial charge >= 0.3 is 0 Å². The van der Waals surface area contributed by atoms with Gasteiger partial charge in [-0.25, -0.2) is 0 Å². The average molecular weight is 145 g/mol. The molecule has 0 aromatic heterocycles. The molecule has 0 unspecified atom stereocenters. The second-order valence-corrected chi connectivity index (χ2v) is 2.01. The van der Waals surface area contributed by atoms with Gasteiger partial charge in [-0.3, -0.25) is 4.79 Å². The zero-order chi connectivity index (χ0) is 8.57. The molecule has 62 valence electrons. The van der Waals surface area contributed by atoms with Crippen LogP contribution in [-0.2, 0) is 4.79 Å². The predicted molar refractivity (Wildman–Crippen MR) is 44.9 cm³/mol. The van der Waals surface area contributed by atoms with Gasteiger partial charge < -0.3 is 5.32 Å². The van der Waals surface area contributed by atoms with Crippen molar-refractivity contribution >= 4 is 5.91 Å². The highest BCUT2D eigenvalue weighted by molar-refractivity contribution is 5.73. The Morgan fingerprint density at radius 1 is 1.50 bits per heavy atom. The Balaban J connectivity index is 0. The summed E-state index contributed by atoms with van der Waals surface area (Å²) < 4.78 is 0. The van der Waals surface area contributed by atoms with E-state index in [1.54, 1.807) is 0 Å². The van der Waals surface area contributed by atoms with Crippen LogP contribution >= 0.6 is 0 Å². The zero-order valence-electron chi connectivity index (χ0n) is 7.69. The molecular weight excluding hydrogens is 126 g/mol. The number of hydrogen-bond acceptors (Lipinski definition) is 1. The van der Waals surface area contributed by atoms with Crippen LogP contribution in [0.2, 0.25) is 0 Å². The number of carbonyl (C=O) groups excluding carboxylic acids is 1. The van der Waals surface area contributed by atoms with Crippen LogP contribution in [0.25, 0.3) is 0 Å². The Labute approximate surface area is 64.0 Å². The van der Waals surface area contributed by atoms with Crippen LogP contribution in [0, 0.1) is 0 Å². The molecule has 0 saturated carbocycles. The summed E-state index contributed by atoms with van der Waals surface area (Å²) in [6.45, 7) is 9.56. The summed E-state index contributed by atoms with van der Waals surface area (Å²) in [7, 11) is 0. The topological polar surface area (TPSA) is 29.1 Å². The average Bonchev–Trinajstić information content (AvgIpc) is 1.91. The molecule has 10 heavy (non-hydrogen) atoms. The number of nitrogens with one attached hydrogen (secondary N) is 1. The van der Waals surface area contributed by atoms with Gasteiger partial charge in [-0.2, -0.15) is 0 Å². The monoisotopic (exact) mass is 145 g/mol.